The van der Waals surface area contributed by atoms with Gasteiger partial charge in [-0.05, 0) is 62.1 Å². The third-order valence-corrected chi connectivity index (χ3v) is 7.47. The number of nitrogens with zero attached hydrogens (tertiary/aromatic N) is 6. The number of rotatable bonds is 8. The summed E-state index contributed by atoms with van der Waals surface area (Å²) in [5.41, 5.74) is 1.58. The zero-order valence-electron chi connectivity index (χ0n) is 21.8. The zero-order chi connectivity index (χ0) is 27.8. The molecule has 4 rings (SSSR count). The van der Waals surface area contributed by atoms with Crippen molar-refractivity contribution in [3.8, 4) is 12.1 Å². The van der Waals surface area contributed by atoms with Crippen LogP contribution in [0.5, 0.6) is 0 Å². The maximum absolute atomic E-state index is 13.7. The number of nitriles is 2. The number of aromatic nitrogens is 2. The largest absolute Gasteiger partial charge is 0.451 e. The number of piperidine rings is 2. The average Bonchev–Trinajstić information content (AvgIpc) is 2.96. The summed E-state index contributed by atoms with van der Waals surface area (Å²) in [5, 5.41) is 20.7. The maximum atomic E-state index is 13.7. The van der Waals surface area contributed by atoms with E-state index in [-0.39, 0.29) is 30.0 Å². The number of alkyl halides is 3. The molecule has 2 aromatic rings. The standard InChI is InChI=1S/C28H32F3N7O/c29-28(30,31)27-35-24(37-15-10-20(11-16-37)3-1-12-32)17-25(36-27)38-14-2-4-23(19-38)26(39)34-13-9-21-5-7-22(18-33)8-6-21/h5-8,17,20,23H,1-4,9-11,13-16,19H2,(H,34,39). The summed E-state index contributed by atoms with van der Waals surface area (Å²) in [7, 11) is 0. The van der Waals surface area contributed by atoms with Crippen LogP contribution in [0.25, 0.3) is 0 Å². The SMILES string of the molecule is N#CCCC1CCN(c2cc(N3CCCC(C(=O)NCCc4ccc(C#N)cc4)C3)nc(C(F)(F)F)n2)CC1. The normalized spacial score (nSPS) is 18.3. The summed E-state index contributed by atoms with van der Waals surface area (Å²) in [6.07, 6.45) is 0.141. The fraction of sp³-hybridized carbons (Fsp3) is 0.536. The van der Waals surface area contributed by atoms with Crippen molar-refractivity contribution in [2.24, 2.45) is 11.8 Å². The van der Waals surface area contributed by atoms with Gasteiger partial charge in [-0.3, -0.25) is 4.79 Å². The Morgan fingerprint density at radius 1 is 1.03 bits per heavy atom. The van der Waals surface area contributed by atoms with Crippen molar-refractivity contribution in [3.05, 3.63) is 47.3 Å². The van der Waals surface area contributed by atoms with Crippen LogP contribution in [0.1, 0.15) is 55.5 Å². The molecule has 206 valence electrons. The Morgan fingerprint density at radius 3 is 2.36 bits per heavy atom. The third kappa shape index (κ3) is 7.60. The molecule has 39 heavy (non-hydrogen) atoms. The van der Waals surface area contributed by atoms with E-state index in [0.29, 0.717) is 63.3 Å². The van der Waals surface area contributed by atoms with Gasteiger partial charge in [0.1, 0.15) is 11.6 Å². The molecule has 1 unspecified atom stereocenters. The minimum absolute atomic E-state index is 0.127. The van der Waals surface area contributed by atoms with E-state index in [2.05, 4.69) is 27.4 Å². The number of anilines is 2. The number of benzene rings is 1. The van der Waals surface area contributed by atoms with Crippen molar-refractivity contribution in [1.82, 2.24) is 15.3 Å². The van der Waals surface area contributed by atoms with E-state index in [1.54, 1.807) is 23.1 Å². The molecule has 0 saturated carbocycles. The fourth-order valence-electron chi connectivity index (χ4n) is 5.21. The van der Waals surface area contributed by atoms with Gasteiger partial charge in [0.2, 0.25) is 11.7 Å². The molecule has 2 fully saturated rings. The van der Waals surface area contributed by atoms with Crippen LogP contribution in [-0.4, -0.2) is 48.6 Å². The monoisotopic (exact) mass is 539 g/mol. The molecule has 11 heteroatoms. The van der Waals surface area contributed by atoms with Crippen LogP contribution in [0.2, 0.25) is 0 Å². The number of carbonyl (C=O) groups is 1. The smallest absolute Gasteiger partial charge is 0.356 e. The Labute approximate surface area is 226 Å². The molecule has 2 aliphatic heterocycles. The van der Waals surface area contributed by atoms with E-state index in [0.717, 1.165) is 24.8 Å². The number of hydrogen-bond acceptors (Lipinski definition) is 7. The second-order valence-corrected chi connectivity index (χ2v) is 10.2. The van der Waals surface area contributed by atoms with Gasteiger partial charge >= 0.3 is 6.18 Å². The van der Waals surface area contributed by atoms with Gasteiger partial charge in [0, 0.05) is 45.2 Å². The minimum Gasteiger partial charge on any atom is -0.356 e. The molecular weight excluding hydrogens is 507 g/mol. The number of amides is 1. The van der Waals surface area contributed by atoms with Crippen LogP contribution >= 0.6 is 0 Å². The van der Waals surface area contributed by atoms with Crippen LogP contribution in [0.3, 0.4) is 0 Å². The van der Waals surface area contributed by atoms with Crippen LogP contribution < -0.4 is 15.1 Å². The predicted octanol–water partition coefficient (Wildman–Crippen LogP) is 4.46. The topological polar surface area (TPSA) is 109 Å². The summed E-state index contributed by atoms with van der Waals surface area (Å²) >= 11 is 0. The van der Waals surface area contributed by atoms with Crippen LogP contribution in [0.15, 0.2) is 30.3 Å². The van der Waals surface area contributed by atoms with Gasteiger partial charge in [0.25, 0.3) is 0 Å². The van der Waals surface area contributed by atoms with Crippen molar-refractivity contribution in [1.29, 1.82) is 10.5 Å². The van der Waals surface area contributed by atoms with E-state index >= 15 is 0 Å². The van der Waals surface area contributed by atoms with Crippen molar-refractivity contribution >= 4 is 17.5 Å². The fourth-order valence-corrected chi connectivity index (χ4v) is 5.21. The molecular formula is C28H32F3N7O. The van der Waals surface area contributed by atoms with Gasteiger partial charge in [-0.25, -0.2) is 9.97 Å². The van der Waals surface area contributed by atoms with Crippen molar-refractivity contribution < 1.29 is 18.0 Å². The summed E-state index contributed by atoms with van der Waals surface area (Å²) in [6.45, 7) is 2.38. The maximum Gasteiger partial charge on any atom is 0.451 e. The minimum atomic E-state index is -4.69. The van der Waals surface area contributed by atoms with Gasteiger partial charge in [0.15, 0.2) is 0 Å². The van der Waals surface area contributed by atoms with Crippen molar-refractivity contribution in [3.63, 3.8) is 0 Å². The van der Waals surface area contributed by atoms with Crippen molar-refractivity contribution in [2.45, 2.75) is 51.1 Å². The lowest BCUT2D eigenvalue weighted by Crippen LogP contribution is -2.44. The third-order valence-electron chi connectivity index (χ3n) is 7.47. The summed E-state index contributed by atoms with van der Waals surface area (Å²) in [6, 6.07) is 13.0. The second kappa shape index (κ2) is 12.8. The van der Waals surface area contributed by atoms with Crippen LogP contribution in [0, 0.1) is 34.5 Å². The quantitative estimate of drug-likeness (QED) is 0.528. The molecule has 3 heterocycles. The Morgan fingerprint density at radius 2 is 1.72 bits per heavy atom. The molecule has 0 radical (unpaired) electrons. The first kappa shape index (κ1) is 28.2. The average molecular weight is 540 g/mol. The van der Waals surface area contributed by atoms with E-state index in [1.165, 1.54) is 0 Å². The molecule has 2 aliphatic rings. The highest BCUT2D eigenvalue weighted by atomic mass is 19.4. The van der Waals surface area contributed by atoms with Crippen molar-refractivity contribution in [2.75, 3.05) is 42.5 Å². The lowest BCUT2D eigenvalue weighted by Gasteiger charge is -2.35. The molecule has 1 atom stereocenters. The Kier molecular flexibility index (Phi) is 9.23. The Bertz CT molecular complexity index is 1210. The molecule has 1 aromatic heterocycles. The number of halogens is 3. The molecule has 0 spiro atoms. The summed E-state index contributed by atoms with van der Waals surface area (Å²) in [4.78, 5) is 24.2. The lowest BCUT2D eigenvalue weighted by molar-refractivity contribution is -0.144. The Balaban J connectivity index is 1.40. The summed E-state index contributed by atoms with van der Waals surface area (Å²) < 4.78 is 41.2. The van der Waals surface area contributed by atoms with Crippen LogP contribution in [0.4, 0.5) is 24.8 Å². The molecule has 0 bridgehead atoms. The molecule has 0 aliphatic carbocycles. The summed E-state index contributed by atoms with van der Waals surface area (Å²) in [5.74, 6) is -0.825. The predicted molar refractivity (Wildman–Crippen MR) is 140 cm³/mol. The highest BCUT2D eigenvalue weighted by molar-refractivity contribution is 5.79. The van der Waals surface area contributed by atoms with Crippen LogP contribution in [-0.2, 0) is 17.4 Å². The molecule has 1 aromatic carbocycles. The first-order chi connectivity index (χ1) is 18.8. The highest BCUT2D eigenvalue weighted by Gasteiger charge is 2.37. The molecule has 2 saturated heterocycles. The number of hydrogen-bond donors (Lipinski definition) is 1. The van der Waals surface area contributed by atoms with Gasteiger partial charge in [0.05, 0.1) is 23.6 Å². The Hall–Kier alpha value is -3.86. The van der Waals surface area contributed by atoms with E-state index in [1.807, 2.05) is 17.0 Å². The van der Waals surface area contributed by atoms with Gasteiger partial charge in [-0.2, -0.15) is 23.7 Å². The zero-order valence-corrected chi connectivity index (χ0v) is 21.8. The number of carbonyl (C=O) groups excluding carboxylic acids is 1. The van der Waals surface area contributed by atoms with E-state index in [4.69, 9.17) is 10.5 Å². The molecule has 1 amide bonds. The van der Waals surface area contributed by atoms with Gasteiger partial charge in [-0.15, -0.1) is 0 Å². The molecule has 1 N–H and O–H groups in total. The molecule has 8 nitrogen and oxygen atoms in total. The van der Waals surface area contributed by atoms with Gasteiger partial charge < -0.3 is 15.1 Å². The van der Waals surface area contributed by atoms with Gasteiger partial charge in [-0.1, -0.05) is 12.1 Å². The second-order valence-electron chi connectivity index (χ2n) is 10.2. The number of nitrogens with one attached hydrogen (secondary N) is 1. The highest BCUT2D eigenvalue weighted by Crippen LogP contribution is 2.33. The first-order valence-corrected chi connectivity index (χ1v) is 13.4. The van der Waals surface area contributed by atoms with E-state index < -0.39 is 12.0 Å². The first-order valence-electron chi connectivity index (χ1n) is 13.4. The lowest BCUT2D eigenvalue weighted by atomic mass is 9.92. The van der Waals surface area contributed by atoms with E-state index in [9.17, 15) is 18.0 Å².